The predicted octanol–water partition coefficient (Wildman–Crippen LogP) is 2.34. The van der Waals surface area contributed by atoms with E-state index in [0.717, 1.165) is 18.5 Å². The van der Waals surface area contributed by atoms with E-state index < -0.39 is 0 Å². The molecular weight excluding hydrogens is 200 g/mol. The normalized spacial score (nSPS) is 14.2. The molecule has 3 nitrogen and oxygen atoms in total. The number of hydrogen-bond acceptors (Lipinski definition) is 2. The second-order valence-corrected chi connectivity index (χ2v) is 4.01. The van der Waals surface area contributed by atoms with Crippen LogP contribution in [-0.2, 0) is 4.79 Å². The highest BCUT2D eigenvalue weighted by Crippen LogP contribution is 2.32. The molecule has 1 fully saturated rings. The Morgan fingerprint density at radius 1 is 1.38 bits per heavy atom. The highest BCUT2D eigenvalue weighted by Gasteiger charge is 2.33. The van der Waals surface area contributed by atoms with Gasteiger partial charge in [0.1, 0.15) is 0 Å². The van der Waals surface area contributed by atoms with Gasteiger partial charge in [0.25, 0.3) is 0 Å². The molecule has 1 saturated carbocycles. The van der Waals surface area contributed by atoms with Gasteiger partial charge < -0.3 is 4.90 Å². The molecule has 0 bridgehead atoms. The van der Waals surface area contributed by atoms with Crippen molar-refractivity contribution in [1.82, 2.24) is 0 Å². The first kappa shape index (κ1) is 10.7. The number of amides is 1. The summed E-state index contributed by atoms with van der Waals surface area (Å²) in [6.45, 7) is 0.496. The Bertz CT molecular complexity index is 404. The quantitative estimate of drug-likeness (QED) is 0.772. The molecule has 1 aromatic rings. The molecule has 0 spiro atoms. The molecule has 3 heteroatoms. The van der Waals surface area contributed by atoms with Crippen molar-refractivity contribution in [2.45, 2.75) is 19.3 Å². The Balaban J connectivity index is 2.14. The Labute approximate surface area is 95.3 Å². The summed E-state index contributed by atoms with van der Waals surface area (Å²) in [5.74, 6) is 0.361. The van der Waals surface area contributed by atoms with Crippen LogP contribution in [0.3, 0.4) is 0 Å². The maximum absolute atomic E-state index is 12.0. The molecule has 2 rings (SSSR count). The Kier molecular flexibility index (Phi) is 3.21. The van der Waals surface area contributed by atoms with Gasteiger partial charge in [0.05, 0.1) is 12.5 Å². The fraction of sp³-hybridized carbons (Fsp3) is 0.385. The average Bonchev–Trinajstić information content (AvgIpc) is 3.14. The van der Waals surface area contributed by atoms with Crippen molar-refractivity contribution in [3.63, 3.8) is 0 Å². The van der Waals surface area contributed by atoms with Crippen LogP contribution in [-0.4, -0.2) is 12.5 Å². The van der Waals surface area contributed by atoms with Crippen molar-refractivity contribution in [1.29, 1.82) is 5.26 Å². The first-order chi connectivity index (χ1) is 7.83. The molecule has 0 radical (unpaired) electrons. The maximum Gasteiger partial charge on any atom is 0.230 e. The van der Waals surface area contributed by atoms with Gasteiger partial charge in [0.15, 0.2) is 0 Å². The van der Waals surface area contributed by atoms with E-state index in [1.165, 1.54) is 0 Å². The van der Waals surface area contributed by atoms with Gasteiger partial charge in [-0.3, -0.25) is 4.79 Å². The molecule has 1 aliphatic carbocycles. The molecule has 1 aliphatic rings. The monoisotopic (exact) mass is 214 g/mol. The van der Waals surface area contributed by atoms with E-state index in [9.17, 15) is 4.79 Å². The van der Waals surface area contributed by atoms with Gasteiger partial charge in [-0.25, -0.2) is 0 Å². The molecule has 0 heterocycles. The van der Waals surface area contributed by atoms with Gasteiger partial charge in [-0.15, -0.1) is 0 Å². The minimum atomic E-state index is 0.168. The average molecular weight is 214 g/mol. The van der Waals surface area contributed by atoms with Gasteiger partial charge in [0, 0.05) is 18.2 Å². The molecule has 0 saturated heterocycles. The number of carbonyl (C=O) groups excluding carboxylic acids is 1. The Morgan fingerprint density at radius 3 is 2.62 bits per heavy atom. The third kappa shape index (κ3) is 2.40. The lowest BCUT2D eigenvalue weighted by atomic mass is 10.2. The lowest BCUT2D eigenvalue weighted by molar-refractivity contribution is -0.119. The first-order valence-corrected chi connectivity index (χ1v) is 5.56. The van der Waals surface area contributed by atoms with E-state index in [1.54, 1.807) is 4.90 Å². The van der Waals surface area contributed by atoms with Crippen LogP contribution in [0.4, 0.5) is 5.69 Å². The zero-order valence-corrected chi connectivity index (χ0v) is 9.10. The van der Waals surface area contributed by atoms with Gasteiger partial charge >= 0.3 is 0 Å². The van der Waals surface area contributed by atoms with E-state index in [2.05, 4.69) is 6.07 Å². The second kappa shape index (κ2) is 4.80. The summed E-state index contributed by atoms with van der Waals surface area (Å²) in [6, 6.07) is 11.7. The van der Waals surface area contributed by atoms with Crippen molar-refractivity contribution in [2.75, 3.05) is 11.4 Å². The number of anilines is 1. The van der Waals surface area contributed by atoms with E-state index in [1.807, 2.05) is 30.3 Å². The SMILES string of the molecule is N#CCCN(C(=O)C1CC1)c1ccccc1. The summed E-state index contributed by atoms with van der Waals surface area (Å²) < 4.78 is 0. The number of carbonyl (C=O) groups is 1. The lowest BCUT2D eigenvalue weighted by Gasteiger charge is -2.21. The minimum Gasteiger partial charge on any atom is -0.311 e. The maximum atomic E-state index is 12.0. The van der Waals surface area contributed by atoms with Gasteiger partial charge in [-0.05, 0) is 25.0 Å². The highest BCUT2D eigenvalue weighted by molar-refractivity contribution is 5.96. The molecule has 1 amide bonds. The van der Waals surface area contributed by atoms with Crippen LogP contribution >= 0.6 is 0 Å². The van der Waals surface area contributed by atoms with Crippen molar-refractivity contribution in [3.8, 4) is 6.07 Å². The van der Waals surface area contributed by atoms with E-state index >= 15 is 0 Å². The van der Waals surface area contributed by atoms with Crippen molar-refractivity contribution >= 4 is 11.6 Å². The van der Waals surface area contributed by atoms with Gasteiger partial charge in [-0.1, -0.05) is 18.2 Å². The fourth-order valence-electron chi connectivity index (χ4n) is 1.69. The van der Waals surface area contributed by atoms with Crippen LogP contribution in [0.5, 0.6) is 0 Å². The molecule has 0 atom stereocenters. The number of nitriles is 1. The van der Waals surface area contributed by atoms with Crippen LogP contribution in [0.25, 0.3) is 0 Å². The molecule has 1 aromatic carbocycles. The molecule has 0 unspecified atom stereocenters. The lowest BCUT2D eigenvalue weighted by Crippen LogP contribution is -2.32. The largest absolute Gasteiger partial charge is 0.311 e. The summed E-state index contributed by atoms with van der Waals surface area (Å²) in [4.78, 5) is 13.8. The molecule has 0 N–H and O–H groups in total. The third-order valence-corrected chi connectivity index (χ3v) is 2.71. The van der Waals surface area contributed by atoms with Crippen LogP contribution in [0.2, 0.25) is 0 Å². The predicted molar refractivity (Wildman–Crippen MR) is 61.7 cm³/mol. The zero-order valence-electron chi connectivity index (χ0n) is 9.10. The summed E-state index contributed by atoms with van der Waals surface area (Å²) in [7, 11) is 0. The van der Waals surface area contributed by atoms with Crippen molar-refractivity contribution in [3.05, 3.63) is 30.3 Å². The summed E-state index contributed by atoms with van der Waals surface area (Å²) in [5, 5.41) is 8.61. The smallest absolute Gasteiger partial charge is 0.230 e. The van der Waals surface area contributed by atoms with Crippen molar-refractivity contribution in [2.24, 2.45) is 5.92 Å². The number of para-hydroxylation sites is 1. The Morgan fingerprint density at radius 2 is 2.06 bits per heavy atom. The van der Waals surface area contributed by atoms with Crippen LogP contribution in [0.1, 0.15) is 19.3 Å². The molecule has 16 heavy (non-hydrogen) atoms. The highest BCUT2D eigenvalue weighted by atomic mass is 16.2. The molecule has 0 aliphatic heterocycles. The topological polar surface area (TPSA) is 44.1 Å². The second-order valence-electron chi connectivity index (χ2n) is 4.01. The summed E-state index contributed by atoms with van der Waals surface area (Å²) >= 11 is 0. The standard InChI is InChI=1S/C13H14N2O/c14-9-4-10-15(13(16)11-7-8-11)12-5-2-1-3-6-12/h1-3,5-6,11H,4,7-8,10H2. The third-order valence-electron chi connectivity index (χ3n) is 2.71. The first-order valence-electron chi connectivity index (χ1n) is 5.56. The molecular formula is C13H14N2O. The summed E-state index contributed by atoms with van der Waals surface area (Å²) in [5.41, 5.74) is 0.898. The van der Waals surface area contributed by atoms with Crippen LogP contribution in [0, 0.1) is 17.2 Å². The van der Waals surface area contributed by atoms with E-state index in [-0.39, 0.29) is 11.8 Å². The minimum absolute atomic E-state index is 0.168. The fourth-order valence-corrected chi connectivity index (χ4v) is 1.69. The number of benzene rings is 1. The number of nitrogens with zero attached hydrogens (tertiary/aromatic N) is 2. The van der Waals surface area contributed by atoms with E-state index in [4.69, 9.17) is 5.26 Å². The Hall–Kier alpha value is -1.82. The summed E-state index contributed by atoms with van der Waals surface area (Å²) in [6.07, 6.45) is 2.37. The van der Waals surface area contributed by atoms with E-state index in [0.29, 0.717) is 13.0 Å². The zero-order chi connectivity index (χ0) is 11.4. The van der Waals surface area contributed by atoms with Crippen LogP contribution in [0.15, 0.2) is 30.3 Å². The van der Waals surface area contributed by atoms with Gasteiger partial charge in [-0.2, -0.15) is 5.26 Å². The molecule has 82 valence electrons. The van der Waals surface area contributed by atoms with Crippen LogP contribution < -0.4 is 4.90 Å². The number of hydrogen-bond donors (Lipinski definition) is 0. The molecule has 0 aromatic heterocycles. The van der Waals surface area contributed by atoms with Gasteiger partial charge in [0.2, 0.25) is 5.91 Å². The van der Waals surface area contributed by atoms with Crippen molar-refractivity contribution < 1.29 is 4.79 Å². The number of rotatable bonds is 4.